The SMILES string of the molecule is CCCCCCC(CCC)(Cc1ccccc1)OC(=O)CCC(=O)O. The van der Waals surface area contributed by atoms with Crippen LogP contribution in [-0.2, 0) is 20.7 Å². The molecule has 1 aromatic rings. The average Bonchev–Trinajstić information content (AvgIpc) is 2.58. The molecular formula is C21H32O4. The lowest BCUT2D eigenvalue weighted by molar-refractivity contribution is -0.163. The molecule has 1 rings (SSSR count). The third-order valence-electron chi connectivity index (χ3n) is 4.43. The zero-order valence-corrected chi connectivity index (χ0v) is 15.6. The molecule has 0 aliphatic carbocycles. The highest BCUT2D eigenvalue weighted by molar-refractivity contribution is 5.76. The van der Waals surface area contributed by atoms with Crippen molar-refractivity contribution in [3.8, 4) is 0 Å². The van der Waals surface area contributed by atoms with Crippen molar-refractivity contribution in [2.75, 3.05) is 0 Å². The van der Waals surface area contributed by atoms with Gasteiger partial charge < -0.3 is 9.84 Å². The summed E-state index contributed by atoms with van der Waals surface area (Å²) in [5.41, 5.74) is 0.622. The minimum Gasteiger partial charge on any atom is -0.481 e. The summed E-state index contributed by atoms with van der Waals surface area (Å²) in [6.45, 7) is 4.27. The first-order chi connectivity index (χ1) is 12.0. The van der Waals surface area contributed by atoms with Gasteiger partial charge in [0.05, 0.1) is 12.8 Å². The average molecular weight is 348 g/mol. The highest BCUT2D eigenvalue weighted by Crippen LogP contribution is 2.31. The predicted molar refractivity (Wildman–Crippen MR) is 99.5 cm³/mol. The van der Waals surface area contributed by atoms with Crippen LogP contribution in [0.3, 0.4) is 0 Å². The Hall–Kier alpha value is -1.84. The molecule has 0 aliphatic rings. The summed E-state index contributed by atoms with van der Waals surface area (Å²) < 4.78 is 5.91. The molecule has 0 bridgehead atoms. The highest BCUT2D eigenvalue weighted by Gasteiger charge is 2.33. The molecule has 1 atom stereocenters. The molecule has 0 radical (unpaired) electrons. The minimum absolute atomic E-state index is 0.0649. The lowest BCUT2D eigenvalue weighted by Crippen LogP contribution is -2.37. The number of ether oxygens (including phenoxy) is 1. The fraction of sp³-hybridized carbons (Fsp3) is 0.619. The number of carboxylic acids is 1. The molecule has 0 aliphatic heterocycles. The third kappa shape index (κ3) is 8.71. The normalized spacial score (nSPS) is 13.2. The van der Waals surface area contributed by atoms with Crippen LogP contribution in [0, 0.1) is 0 Å². The topological polar surface area (TPSA) is 63.6 Å². The monoisotopic (exact) mass is 348 g/mol. The van der Waals surface area contributed by atoms with Gasteiger partial charge in [0.1, 0.15) is 5.60 Å². The van der Waals surface area contributed by atoms with Gasteiger partial charge in [0.25, 0.3) is 0 Å². The van der Waals surface area contributed by atoms with Gasteiger partial charge in [-0.15, -0.1) is 0 Å². The van der Waals surface area contributed by atoms with Gasteiger partial charge in [-0.3, -0.25) is 9.59 Å². The van der Waals surface area contributed by atoms with E-state index in [0.29, 0.717) is 6.42 Å². The number of unbranched alkanes of at least 4 members (excludes halogenated alkanes) is 3. The van der Waals surface area contributed by atoms with Gasteiger partial charge in [-0.1, -0.05) is 69.9 Å². The number of esters is 1. The van der Waals surface area contributed by atoms with Gasteiger partial charge >= 0.3 is 11.9 Å². The van der Waals surface area contributed by atoms with Crippen LogP contribution in [0.25, 0.3) is 0 Å². The molecule has 140 valence electrons. The molecule has 4 nitrogen and oxygen atoms in total. The summed E-state index contributed by atoms with van der Waals surface area (Å²) in [6.07, 6.45) is 7.49. The Balaban J connectivity index is 2.86. The first-order valence-corrected chi connectivity index (χ1v) is 9.49. The molecule has 1 N–H and O–H groups in total. The van der Waals surface area contributed by atoms with E-state index in [2.05, 4.69) is 26.0 Å². The lowest BCUT2D eigenvalue weighted by Gasteiger charge is -2.34. The van der Waals surface area contributed by atoms with Crippen molar-refractivity contribution in [3.05, 3.63) is 35.9 Å². The van der Waals surface area contributed by atoms with Crippen molar-refractivity contribution in [1.82, 2.24) is 0 Å². The van der Waals surface area contributed by atoms with Gasteiger partial charge in [-0.25, -0.2) is 0 Å². The van der Waals surface area contributed by atoms with Gasteiger partial charge in [0.15, 0.2) is 0 Å². The van der Waals surface area contributed by atoms with E-state index in [1.54, 1.807) is 0 Å². The van der Waals surface area contributed by atoms with Crippen LogP contribution in [0.5, 0.6) is 0 Å². The first kappa shape index (κ1) is 21.2. The summed E-state index contributed by atoms with van der Waals surface area (Å²) >= 11 is 0. The van der Waals surface area contributed by atoms with Crippen LogP contribution >= 0.6 is 0 Å². The van der Waals surface area contributed by atoms with Crippen molar-refractivity contribution in [2.45, 2.75) is 83.7 Å². The Morgan fingerprint density at radius 1 is 0.960 bits per heavy atom. The van der Waals surface area contributed by atoms with Crippen LogP contribution in [-0.4, -0.2) is 22.6 Å². The van der Waals surface area contributed by atoms with Gasteiger partial charge in [0.2, 0.25) is 0 Å². The second-order valence-corrected chi connectivity index (χ2v) is 6.77. The zero-order chi connectivity index (χ0) is 18.5. The summed E-state index contributed by atoms with van der Waals surface area (Å²) in [5, 5.41) is 8.79. The molecule has 0 saturated heterocycles. The Bertz CT molecular complexity index is 512. The van der Waals surface area contributed by atoms with E-state index in [9.17, 15) is 9.59 Å². The van der Waals surface area contributed by atoms with E-state index >= 15 is 0 Å². The molecule has 0 spiro atoms. The molecule has 0 amide bonds. The summed E-state index contributed by atoms with van der Waals surface area (Å²) in [7, 11) is 0. The highest BCUT2D eigenvalue weighted by atomic mass is 16.6. The molecule has 0 heterocycles. The standard InChI is InChI=1S/C21H32O4/c1-3-5-6-10-16-21(15-4-2,17-18-11-8-7-9-12-18)25-20(24)14-13-19(22)23/h7-9,11-12H,3-6,10,13-17H2,1-2H3,(H,22,23). The maximum atomic E-state index is 12.2. The second kappa shape index (κ2) is 11.7. The maximum Gasteiger partial charge on any atom is 0.306 e. The molecule has 1 unspecified atom stereocenters. The Morgan fingerprint density at radius 2 is 1.68 bits per heavy atom. The molecule has 1 aromatic carbocycles. The third-order valence-corrected chi connectivity index (χ3v) is 4.43. The van der Waals surface area contributed by atoms with Crippen LogP contribution < -0.4 is 0 Å². The van der Waals surface area contributed by atoms with E-state index in [0.717, 1.165) is 44.1 Å². The number of aliphatic carboxylic acids is 1. The van der Waals surface area contributed by atoms with Crippen molar-refractivity contribution >= 4 is 11.9 Å². The number of rotatable bonds is 13. The number of carboxylic acid groups (broad SMARTS) is 1. The van der Waals surface area contributed by atoms with E-state index in [-0.39, 0.29) is 12.8 Å². The zero-order valence-electron chi connectivity index (χ0n) is 15.6. The second-order valence-electron chi connectivity index (χ2n) is 6.77. The number of carbonyl (C=O) groups excluding carboxylic acids is 1. The fourth-order valence-electron chi connectivity index (χ4n) is 3.24. The maximum absolute atomic E-state index is 12.2. The van der Waals surface area contributed by atoms with E-state index in [4.69, 9.17) is 9.84 Å². The summed E-state index contributed by atoms with van der Waals surface area (Å²) in [6, 6.07) is 10.1. The van der Waals surface area contributed by atoms with Crippen LogP contribution in [0.4, 0.5) is 0 Å². The fourth-order valence-corrected chi connectivity index (χ4v) is 3.24. The molecule has 0 aromatic heterocycles. The minimum atomic E-state index is -0.968. The Labute approximate surface area is 151 Å². The molecule has 0 saturated carbocycles. The lowest BCUT2D eigenvalue weighted by atomic mass is 9.85. The number of carbonyl (C=O) groups is 2. The Kier molecular flexibility index (Phi) is 9.90. The number of hydrogen-bond acceptors (Lipinski definition) is 3. The molecular weight excluding hydrogens is 316 g/mol. The Morgan fingerprint density at radius 3 is 2.28 bits per heavy atom. The summed E-state index contributed by atoms with van der Waals surface area (Å²) in [4.78, 5) is 23.0. The van der Waals surface area contributed by atoms with Crippen molar-refractivity contribution in [1.29, 1.82) is 0 Å². The van der Waals surface area contributed by atoms with E-state index < -0.39 is 17.5 Å². The quantitative estimate of drug-likeness (QED) is 0.396. The van der Waals surface area contributed by atoms with Gasteiger partial charge in [-0.05, 0) is 24.8 Å². The molecule has 25 heavy (non-hydrogen) atoms. The molecule has 4 heteroatoms. The van der Waals surface area contributed by atoms with E-state index in [1.165, 1.54) is 6.42 Å². The van der Waals surface area contributed by atoms with Crippen molar-refractivity contribution in [2.24, 2.45) is 0 Å². The number of benzene rings is 1. The van der Waals surface area contributed by atoms with E-state index in [1.807, 2.05) is 18.2 Å². The molecule has 0 fully saturated rings. The van der Waals surface area contributed by atoms with Crippen LogP contribution in [0.2, 0.25) is 0 Å². The summed E-state index contributed by atoms with van der Waals surface area (Å²) in [5.74, 6) is -1.37. The van der Waals surface area contributed by atoms with Crippen molar-refractivity contribution in [3.63, 3.8) is 0 Å². The van der Waals surface area contributed by atoms with Crippen molar-refractivity contribution < 1.29 is 19.4 Å². The van der Waals surface area contributed by atoms with Gasteiger partial charge in [0, 0.05) is 6.42 Å². The number of hydrogen-bond donors (Lipinski definition) is 1. The van der Waals surface area contributed by atoms with Crippen LogP contribution in [0.15, 0.2) is 30.3 Å². The first-order valence-electron chi connectivity index (χ1n) is 9.49. The predicted octanol–water partition coefficient (Wildman–Crippen LogP) is 5.15. The smallest absolute Gasteiger partial charge is 0.306 e. The van der Waals surface area contributed by atoms with Crippen LogP contribution in [0.1, 0.15) is 77.2 Å². The van der Waals surface area contributed by atoms with Gasteiger partial charge in [-0.2, -0.15) is 0 Å². The largest absolute Gasteiger partial charge is 0.481 e.